The van der Waals surface area contributed by atoms with Gasteiger partial charge in [0, 0.05) is 29.9 Å². The van der Waals surface area contributed by atoms with Crippen molar-refractivity contribution >= 4 is 27.2 Å². The second kappa shape index (κ2) is 5.15. The quantitative estimate of drug-likeness (QED) is 0.554. The van der Waals surface area contributed by atoms with Crippen LogP contribution in [0.1, 0.15) is 0 Å². The Hall–Kier alpha value is -2.87. The third-order valence-electron chi connectivity index (χ3n) is 4.11. The van der Waals surface area contributed by atoms with Gasteiger partial charge in [0.05, 0.1) is 5.69 Å². The molecule has 1 aromatic heterocycles. The summed E-state index contributed by atoms with van der Waals surface area (Å²) >= 11 is 0. The predicted octanol–water partition coefficient (Wildman–Crippen LogP) is 5.10. The molecule has 1 N–H and O–H groups in total. The second-order valence-electron chi connectivity index (χ2n) is 5.34. The lowest BCUT2D eigenvalue weighted by Gasteiger charge is -2.14. The smallest absolute Gasteiger partial charge is 0.0807 e. The molecule has 0 atom stereocenters. The van der Waals surface area contributed by atoms with Crippen molar-refractivity contribution in [1.82, 2.24) is 4.98 Å². The minimum atomic E-state index is 1.03. The number of fused-ring (bicyclic) bond motifs is 2. The van der Waals surface area contributed by atoms with Crippen LogP contribution in [0.15, 0.2) is 72.9 Å². The van der Waals surface area contributed by atoms with Gasteiger partial charge in [0.15, 0.2) is 0 Å². The lowest BCUT2D eigenvalue weighted by molar-refractivity contribution is 1.36. The maximum absolute atomic E-state index is 4.70. The lowest BCUT2D eigenvalue weighted by atomic mass is 9.96. The van der Waals surface area contributed by atoms with Crippen LogP contribution >= 0.6 is 0 Å². The van der Waals surface area contributed by atoms with E-state index < -0.39 is 0 Å². The molecule has 3 aromatic carbocycles. The number of hydrogen-bond acceptors (Lipinski definition) is 2. The van der Waals surface area contributed by atoms with Crippen LogP contribution < -0.4 is 5.32 Å². The molecular formula is C20H16N2. The van der Waals surface area contributed by atoms with Crippen LogP contribution in [-0.4, -0.2) is 12.0 Å². The summed E-state index contributed by atoms with van der Waals surface area (Å²) in [4.78, 5) is 4.70. The van der Waals surface area contributed by atoms with E-state index in [0.717, 1.165) is 16.9 Å². The number of hydrogen-bond donors (Lipinski definition) is 1. The molecule has 0 saturated carbocycles. The number of anilines is 1. The summed E-state index contributed by atoms with van der Waals surface area (Å²) in [6.07, 6.45) is 1.89. The molecule has 0 amide bonds. The van der Waals surface area contributed by atoms with E-state index in [-0.39, 0.29) is 0 Å². The van der Waals surface area contributed by atoms with E-state index in [1.807, 2.05) is 13.2 Å². The van der Waals surface area contributed by atoms with E-state index in [4.69, 9.17) is 4.98 Å². The number of nitrogens with one attached hydrogen (secondary N) is 1. The largest absolute Gasteiger partial charge is 0.388 e. The van der Waals surface area contributed by atoms with Crippen LogP contribution in [0, 0.1) is 0 Å². The Bertz CT molecular complexity index is 968. The zero-order chi connectivity index (χ0) is 14.9. The molecule has 0 unspecified atom stereocenters. The Morgan fingerprint density at radius 3 is 2.18 bits per heavy atom. The number of benzene rings is 3. The van der Waals surface area contributed by atoms with Gasteiger partial charge in [0.2, 0.25) is 0 Å². The number of rotatable bonds is 2. The fraction of sp³-hybridized carbons (Fsp3) is 0.0500. The van der Waals surface area contributed by atoms with E-state index in [9.17, 15) is 0 Å². The van der Waals surface area contributed by atoms with Crippen molar-refractivity contribution in [2.24, 2.45) is 0 Å². The van der Waals surface area contributed by atoms with E-state index >= 15 is 0 Å². The molecule has 106 valence electrons. The number of pyridine rings is 1. The molecule has 22 heavy (non-hydrogen) atoms. The first kappa shape index (κ1) is 12.8. The second-order valence-corrected chi connectivity index (χ2v) is 5.34. The highest BCUT2D eigenvalue weighted by molar-refractivity contribution is 6.08. The fourth-order valence-electron chi connectivity index (χ4n) is 3.05. The van der Waals surface area contributed by atoms with Gasteiger partial charge in [0.25, 0.3) is 0 Å². The Kier molecular flexibility index (Phi) is 3.01. The van der Waals surface area contributed by atoms with Crippen LogP contribution in [-0.2, 0) is 0 Å². The topological polar surface area (TPSA) is 24.9 Å². The van der Waals surface area contributed by atoms with Crippen molar-refractivity contribution in [3.63, 3.8) is 0 Å². The molecule has 2 nitrogen and oxygen atoms in total. The highest BCUT2D eigenvalue weighted by Gasteiger charge is 2.13. The molecule has 0 saturated heterocycles. The van der Waals surface area contributed by atoms with Gasteiger partial charge in [-0.15, -0.1) is 0 Å². The van der Waals surface area contributed by atoms with E-state index in [1.54, 1.807) is 0 Å². The van der Waals surface area contributed by atoms with Crippen LogP contribution in [0.3, 0.4) is 0 Å². The first-order valence-corrected chi connectivity index (χ1v) is 7.42. The van der Waals surface area contributed by atoms with E-state index in [1.165, 1.54) is 21.5 Å². The van der Waals surface area contributed by atoms with Crippen molar-refractivity contribution in [2.45, 2.75) is 0 Å². The molecule has 0 fully saturated rings. The Balaban J connectivity index is 2.16. The molecule has 1 heterocycles. The summed E-state index contributed by atoms with van der Waals surface area (Å²) in [5.41, 5.74) is 3.29. The maximum atomic E-state index is 4.70. The first-order valence-electron chi connectivity index (χ1n) is 7.42. The molecular weight excluding hydrogens is 268 g/mol. The zero-order valence-electron chi connectivity index (χ0n) is 12.4. The standard InChI is InChI=1S/C20H16N2/c1-21-18-11-10-14-6-2-4-8-16(14)19(18)20-17-9-5-3-7-15(17)12-13-22-20/h2-13,21H,1H3. The molecule has 2 heteroatoms. The normalized spacial score (nSPS) is 11.0. The fourth-order valence-corrected chi connectivity index (χ4v) is 3.05. The molecule has 4 aromatic rings. The Morgan fingerprint density at radius 1 is 0.727 bits per heavy atom. The summed E-state index contributed by atoms with van der Waals surface area (Å²) in [5.74, 6) is 0. The third kappa shape index (κ3) is 1.92. The first-order chi connectivity index (χ1) is 10.9. The molecule has 0 bridgehead atoms. The third-order valence-corrected chi connectivity index (χ3v) is 4.11. The van der Waals surface area contributed by atoms with Crippen LogP contribution in [0.2, 0.25) is 0 Å². The van der Waals surface area contributed by atoms with Gasteiger partial charge in [-0.2, -0.15) is 0 Å². The Labute approximate surface area is 129 Å². The molecule has 0 radical (unpaired) electrons. The molecule has 0 spiro atoms. The van der Waals surface area contributed by atoms with Crippen molar-refractivity contribution < 1.29 is 0 Å². The van der Waals surface area contributed by atoms with Gasteiger partial charge < -0.3 is 5.32 Å². The van der Waals surface area contributed by atoms with Crippen molar-refractivity contribution in [1.29, 1.82) is 0 Å². The van der Waals surface area contributed by atoms with Gasteiger partial charge in [-0.05, 0) is 28.3 Å². The predicted molar refractivity (Wildman–Crippen MR) is 94.2 cm³/mol. The van der Waals surface area contributed by atoms with Gasteiger partial charge in [-0.3, -0.25) is 4.98 Å². The molecule has 0 aliphatic rings. The Morgan fingerprint density at radius 2 is 1.41 bits per heavy atom. The summed E-state index contributed by atoms with van der Waals surface area (Å²) in [7, 11) is 1.96. The van der Waals surface area contributed by atoms with Gasteiger partial charge in [-0.1, -0.05) is 54.6 Å². The summed E-state index contributed by atoms with van der Waals surface area (Å²) in [6, 6.07) is 23.2. The van der Waals surface area contributed by atoms with Gasteiger partial charge in [0.1, 0.15) is 0 Å². The molecule has 0 aliphatic carbocycles. The van der Waals surface area contributed by atoms with E-state index in [2.05, 4.69) is 72.0 Å². The maximum Gasteiger partial charge on any atom is 0.0807 e. The van der Waals surface area contributed by atoms with E-state index in [0.29, 0.717) is 0 Å². The average molecular weight is 284 g/mol. The average Bonchev–Trinajstić information content (AvgIpc) is 2.60. The summed E-state index contributed by atoms with van der Waals surface area (Å²) in [6.45, 7) is 0. The van der Waals surface area contributed by atoms with Crippen molar-refractivity contribution in [2.75, 3.05) is 12.4 Å². The van der Waals surface area contributed by atoms with Crippen LogP contribution in [0.4, 0.5) is 5.69 Å². The van der Waals surface area contributed by atoms with Gasteiger partial charge in [-0.25, -0.2) is 0 Å². The van der Waals surface area contributed by atoms with Crippen molar-refractivity contribution in [3.8, 4) is 11.3 Å². The highest BCUT2D eigenvalue weighted by Crippen LogP contribution is 2.37. The minimum Gasteiger partial charge on any atom is -0.388 e. The summed E-state index contributed by atoms with van der Waals surface area (Å²) in [5, 5.41) is 8.15. The van der Waals surface area contributed by atoms with Gasteiger partial charge >= 0.3 is 0 Å². The lowest BCUT2D eigenvalue weighted by Crippen LogP contribution is -1.95. The summed E-state index contributed by atoms with van der Waals surface area (Å²) < 4.78 is 0. The zero-order valence-corrected chi connectivity index (χ0v) is 12.4. The van der Waals surface area contributed by atoms with Crippen molar-refractivity contribution in [3.05, 3.63) is 72.9 Å². The number of nitrogens with zero attached hydrogens (tertiary/aromatic N) is 1. The minimum absolute atomic E-state index is 1.03. The SMILES string of the molecule is CNc1ccc2ccccc2c1-c1nccc2ccccc12. The molecule has 0 aliphatic heterocycles. The number of aromatic nitrogens is 1. The monoisotopic (exact) mass is 284 g/mol. The molecule has 4 rings (SSSR count). The van der Waals surface area contributed by atoms with Crippen LogP contribution in [0.5, 0.6) is 0 Å². The van der Waals surface area contributed by atoms with Crippen LogP contribution in [0.25, 0.3) is 32.8 Å². The highest BCUT2D eigenvalue weighted by atomic mass is 14.8.